The van der Waals surface area contributed by atoms with Crippen LogP contribution in [0.5, 0.6) is 0 Å². The summed E-state index contributed by atoms with van der Waals surface area (Å²) >= 11 is 12.3. The molecule has 0 radical (unpaired) electrons. The average Bonchev–Trinajstić information content (AvgIpc) is 2.83. The average molecular weight is 364 g/mol. The Balaban J connectivity index is 0.00000176. The van der Waals surface area contributed by atoms with Crippen LogP contribution in [0.2, 0.25) is 10.0 Å². The summed E-state index contributed by atoms with van der Waals surface area (Å²) < 4.78 is 0. The zero-order valence-corrected chi connectivity index (χ0v) is 14.7. The number of rotatable bonds is 2. The minimum atomic E-state index is 0. The molecule has 2 atom stereocenters. The SMILES string of the molecule is Cl.N[C@@H]1CCC[C@H]1CC(=O)N1CCc2cc(Cl)cc(Cl)c2C1. The first-order valence-corrected chi connectivity index (χ1v) is 8.30. The first kappa shape index (κ1) is 17.9. The molecule has 0 unspecified atom stereocenters. The van der Waals surface area contributed by atoms with Gasteiger partial charge in [-0.25, -0.2) is 0 Å². The monoisotopic (exact) mass is 362 g/mol. The predicted octanol–water partition coefficient (Wildman–Crippen LogP) is 3.82. The van der Waals surface area contributed by atoms with Gasteiger partial charge >= 0.3 is 0 Å². The third-order valence-electron chi connectivity index (χ3n) is 4.76. The topological polar surface area (TPSA) is 46.3 Å². The summed E-state index contributed by atoms with van der Waals surface area (Å²) in [7, 11) is 0. The third-order valence-corrected chi connectivity index (χ3v) is 5.32. The van der Waals surface area contributed by atoms with Crippen LogP contribution in [0.1, 0.15) is 36.8 Å². The lowest BCUT2D eigenvalue weighted by Crippen LogP contribution is -2.38. The molecule has 1 saturated carbocycles. The molecule has 122 valence electrons. The normalized spacial score (nSPS) is 23.9. The molecule has 1 amide bonds. The number of benzene rings is 1. The van der Waals surface area contributed by atoms with Crippen LogP contribution in [0.4, 0.5) is 0 Å². The molecule has 2 N–H and O–H groups in total. The summed E-state index contributed by atoms with van der Waals surface area (Å²) in [4.78, 5) is 14.4. The summed E-state index contributed by atoms with van der Waals surface area (Å²) in [6, 6.07) is 3.90. The number of nitrogens with zero attached hydrogens (tertiary/aromatic N) is 1. The van der Waals surface area contributed by atoms with Crippen molar-refractivity contribution < 1.29 is 4.79 Å². The fraction of sp³-hybridized carbons (Fsp3) is 0.562. The summed E-state index contributed by atoms with van der Waals surface area (Å²) in [6.45, 7) is 1.33. The molecule has 1 aliphatic heterocycles. The quantitative estimate of drug-likeness (QED) is 0.868. The van der Waals surface area contributed by atoms with Crippen molar-refractivity contribution in [1.29, 1.82) is 0 Å². The van der Waals surface area contributed by atoms with Crippen LogP contribution in [-0.2, 0) is 17.8 Å². The number of carbonyl (C=O) groups is 1. The van der Waals surface area contributed by atoms with Crippen LogP contribution >= 0.6 is 35.6 Å². The number of fused-ring (bicyclic) bond motifs is 1. The molecular weight excluding hydrogens is 343 g/mol. The van der Waals surface area contributed by atoms with Crippen molar-refractivity contribution in [1.82, 2.24) is 4.90 Å². The van der Waals surface area contributed by atoms with Gasteiger partial charge in [0.1, 0.15) is 0 Å². The van der Waals surface area contributed by atoms with Crippen LogP contribution in [0, 0.1) is 5.92 Å². The van der Waals surface area contributed by atoms with Crippen LogP contribution in [0.25, 0.3) is 0 Å². The zero-order chi connectivity index (χ0) is 15.0. The van der Waals surface area contributed by atoms with E-state index < -0.39 is 0 Å². The maximum atomic E-state index is 12.5. The van der Waals surface area contributed by atoms with E-state index in [4.69, 9.17) is 28.9 Å². The van der Waals surface area contributed by atoms with Gasteiger partial charge in [-0.05, 0) is 48.4 Å². The van der Waals surface area contributed by atoms with Gasteiger partial charge in [0.25, 0.3) is 0 Å². The molecular formula is C16H21Cl3N2O. The first-order valence-electron chi connectivity index (χ1n) is 7.54. The lowest BCUT2D eigenvalue weighted by molar-refractivity contribution is -0.133. The highest BCUT2D eigenvalue weighted by Gasteiger charge is 2.29. The first-order chi connectivity index (χ1) is 10.0. The molecule has 1 aromatic carbocycles. The van der Waals surface area contributed by atoms with Crippen molar-refractivity contribution in [2.24, 2.45) is 11.7 Å². The van der Waals surface area contributed by atoms with E-state index in [1.165, 1.54) is 0 Å². The summed E-state index contributed by atoms with van der Waals surface area (Å²) in [5, 5.41) is 1.32. The Morgan fingerprint density at radius 3 is 2.77 bits per heavy atom. The minimum absolute atomic E-state index is 0. The van der Waals surface area contributed by atoms with Gasteiger partial charge in [0.15, 0.2) is 0 Å². The number of hydrogen-bond acceptors (Lipinski definition) is 2. The lowest BCUT2D eigenvalue weighted by atomic mass is 9.96. The largest absolute Gasteiger partial charge is 0.338 e. The maximum Gasteiger partial charge on any atom is 0.223 e. The van der Waals surface area contributed by atoms with E-state index >= 15 is 0 Å². The highest BCUT2D eigenvalue weighted by molar-refractivity contribution is 6.35. The molecule has 0 aromatic heterocycles. The van der Waals surface area contributed by atoms with Crippen molar-refractivity contribution in [2.75, 3.05) is 6.54 Å². The van der Waals surface area contributed by atoms with Gasteiger partial charge in [0.05, 0.1) is 0 Å². The van der Waals surface area contributed by atoms with E-state index in [9.17, 15) is 4.79 Å². The van der Waals surface area contributed by atoms with Gasteiger partial charge in [0.2, 0.25) is 5.91 Å². The maximum absolute atomic E-state index is 12.5. The molecule has 1 fully saturated rings. The highest BCUT2D eigenvalue weighted by atomic mass is 35.5. The van der Waals surface area contributed by atoms with Crippen molar-refractivity contribution in [2.45, 2.75) is 44.7 Å². The number of carbonyl (C=O) groups excluding carboxylic acids is 1. The van der Waals surface area contributed by atoms with E-state index in [0.717, 1.165) is 43.4 Å². The van der Waals surface area contributed by atoms with E-state index in [-0.39, 0.29) is 24.4 Å². The summed E-state index contributed by atoms with van der Waals surface area (Å²) in [6.07, 6.45) is 4.66. The van der Waals surface area contributed by atoms with Crippen LogP contribution < -0.4 is 5.73 Å². The molecule has 3 rings (SSSR count). The Hall–Kier alpha value is -0.480. The van der Waals surface area contributed by atoms with E-state index in [1.807, 2.05) is 11.0 Å². The third kappa shape index (κ3) is 3.70. The Morgan fingerprint density at radius 1 is 1.32 bits per heavy atom. The smallest absolute Gasteiger partial charge is 0.223 e. The fourth-order valence-corrected chi connectivity index (χ4v) is 4.06. The van der Waals surface area contributed by atoms with Crippen LogP contribution in [0.3, 0.4) is 0 Å². The van der Waals surface area contributed by atoms with Crippen molar-refractivity contribution in [3.63, 3.8) is 0 Å². The molecule has 0 bridgehead atoms. The standard InChI is InChI=1S/C16H20Cl2N2O.ClH/c17-12-6-10-4-5-20(9-13(10)14(18)8-12)16(21)7-11-2-1-3-15(11)19;/h6,8,11,15H,1-5,7,9,19H2;1H/t11-,15+;/m0./s1. The summed E-state index contributed by atoms with van der Waals surface area (Å²) in [5.41, 5.74) is 8.27. The van der Waals surface area contributed by atoms with Crippen molar-refractivity contribution in [3.8, 4) is 0 Å². The van der Waals surface area contributed by atoms with Gasteiger partial charge < -0.3 is 10.6 Å². The molecule has 0 spiro atoms. The Labute approximate surface area is 147 Å². The molecule has 6 heteroatoms. The van der Waals surface area contributed by atoms with Gasteiger partial charge in [-0.3, -0.25) is 4.79 Å². The predicted molar refractivity (Wildman–Crippen MR) is 92.8 cm³/mol. The fourth-order valence-electron chi connectivity index (χ4n) is 3.47. The molecule has 1 aliphatic carbocycles. The minimum Gasteiger partial charge on any atom is -0.338 e. The van der Waals surface area contributed by atoms with Crippen molar-refractivity contribution >= 4 is 41.5 Å². The van der Waals surface area contributed by atoms with E-state index in [2.05, 4.69) is 0 Å². The molecule has 22 heavy (non-hydrogen) atoms. The van der Waals surface area contributed by atoms with Crippen molar-refractivity contribution in [3.05, 3.63) is 33.3 Å². The Bertz CT molecular complexity index is 565. The molecule has 0 saturated heterocycles. The van der Waals surface area contributed by atoms with Crippen LogP contribution in [0.15, 0.2) is 12.1 Å². The second-order valence-corrected chi connectivity index (χ2v) is 6.99. The molecule has 1 heterocycles. The highest BCUT2D eigenvalue weighted by Crippen LogP contribution is 2.32. The van der Waals surface area contributed by atoms with Gasteiger partial charge in [-0.1, -0.05) is 29.6 Å². The second kappa shape index (κ2) is 7.39. The number of halogens is 3. The number of nitrogens with two attached hydrogens (primary N) is 1. The molecule has 3 nitrogen and oxygen atoms in total. The number of amides is 1. The van der Waals surface area contributed by atoms with E-state index in [1.54, 1.807) is 6.07 Å². The second-order valence-electron chi connectivity index (χ2n) is 6.15. The lowest BCUT2D eigenvalue weighted by Gasteiger charge is -2.31. The zero-order valence-electron chi connectivity index (χ0n) is 12.4. The molecule has 2 aliphatic rings. The Morgan fingerprint density at radius 2 is 2.09 bits per heavy atom. The van der Waals surface area contributed by atoms with Gasteiger partial charge in [0, 0.05) is 35.6 Å². The van der Waals surface area contributed by atoms with Crippen LogP contribution in [-0.4, -0.2) is 23.4 Å². The van der Waals surface area contributed by atoms with Gasteiger partial charge in [-0.2, -0.15) is 0 Å². The Kier molecular flexibility index (Phi) is 6.00. The number of hydrogen-bond donors (Lipinski definition) is 1. The molecule has 1 aromatic rings. The summed E-state index contributed by atoms with van der Waals surface area (Å²) in [5.74, 6) is 0.550. The van der Waals surface area contributed by atoms with Gasteiger partial charge in [-0.15, -0.1) is 12.4 Å². The van der Waals surface area contributed by atoms with E-state index in [0.29, 0.717) is 28.9 Å².